The van der Waals surface area contributed by atoms with Crippen LogP contribution in [0.25, 0.3) is 0 Å². The summed E-state index contributed by atoms with van der Waals surface area (Å²) < 4.78 is 0. The van der Waals surface area contributed by atoms with Gasteiger partial charge in [0.2, 0.25) is 0 Å². The van der Waals surface area contributed by atoms with Crippen LogP contribution in [0, 0.1) is 13.8 Å². The van der Waals surface area contributed by atoms with Crippen LogP contribution in [0.2, 0.25) is 0 Å². The second kappa shape index (κ2) is 12.0. The van der Waals surface area contributed by atoms with E-state index in [1.54, 1.807) is 12.1 Å². The highest BCUT2D eigenvalue weighted by atomic mass is 127. The molecule has 2 nitrogen and oxygen atoms in total. The lowest BCUT2D eigenvalue weighted by Crippen LogP contribution is -1.87. The summed E-state index contributed by atoms with van der Waals surface area (Å²) in [5.41, 5.74) is 4.25. The van der Waals surface area contributed by atoms with E-state index in [0.29, 0.717) is 23.3 Å². The molecular formula is C20H30I2O2. The van der Waals surface area contributed by atoms with Crippen molar-refractivity contribution >= 4 is 48.0 Å². The molecule has 2 N–H and O–H groups in total. The second-order valence-electron chi connectivity index (χ2n) is 6.43. The van der Waals surface area contributed by atoms with E-state index in [1.165, 1.54) is 0 Å². The molecule has 0 amide bonds. The standard InChI is InChI=1S/2C10H14O.2HI/c2*1-7(2)9-5-4-8(3)6-10(9)11;;/h2*4-7,11H,1-3H3;2*1H. The molecule has 136 valence electrons. The van der Waals surface area contributed by atoms with E-state index in [0.717, 1.165) is 22.3 Å². The highest BCUT2D eigenvalue weighted by Crippen LogP contribution is 2.26. The van der Waals surface area contributed by atoms with Crippen molar-refractivity contribution in [3.05, 3.63) is 58.7 Å². The van der Waals surface area contributed by atoms with Gasteiger partial charge in [-0.1, -0.05) is 52.0 Å². The van der Waals surface area contributed by atoms with Crippen LogP contribution in [0.3, 0.4) is 0 Å². The summed E-state index contributed by atoms with van der Waals surface area (Å²) >= 11 is 0. The molecule has 0 aliphatic heterocycles. The van der Waals surface area contributed by atoms with Crippen LogP contribution in [0.5, 0.6) is 11.5 Å². The minimum atomic E-state index is 0. The van der Waals surface area contributed by atoms with Gasteiger partial charge in [0, 0.05) is 0 Å². The van der Waals surface area contributed by atoms with Crippen molar-refractivity contribution in [2.24, 2.45) is 0 Å². The smallest absolute Gasteiger partial charge is 0.119 e. The Hall–Kier alpha value is -0.500. The molecule has 0 radical (unpaired) electrons. The Morgan fingerprint density at radius 3 is 1.12 bits per heavy atom. The molecule has 2 rings (SSSR count). The van der Waals surface area contributed by atoms with Crippen LogP contribution >= 0.6 is 48.0 Å². The van der Waals surface area contributed by atoms with Gasteiger partial charge in [0.15, 0.2) is 0 Å². The number of phenols is 2. The van der Waals surface area contributed by atoms with Crippen LogP contribution in [-0.2, 0) is 0 Å². The van der Waals surface area contributed by atoms with Crippen molar-refractivity contribution in [2.75, 3.05) is 0 Å². The molecule has 2 aromatic carbocycles. The summed E-state index contributed by atoms with van der Waals surface area (Å²) in [5, 5.41) is 18.9. The zero-order chi connectivity index (χ0) is 16.9. The van der Waals surface area contributed by atoms with Gasteiger partial charge in [-0.3, -0.25) is 0 Å². The highest BCUT2D eigenvalue weighted by Gasteiger charge is 2.04. The van der Waals surface area contributed by atoms with E-state index in [-0.39, 0.29) is 48.0 Å². The zero-order valence-corrected chi connectivity index (χ0v) is 20.0. The van der Waals surface area contributed by atoms with E-state index in [2.05, 4.69) is 27.7 Å². The zero-order valence-electron chi connectivity index (χ0n) is 15.3. The molecular weight excluding hydrogens is 526 g/mol. The Balaban J connectivity index is 0. The summed E-state index contributed by atoms with van der Waals surface area (Å²) in [6.07, 6.45) is 0. The number of benzene rings is 2. The Morgan fingerprint density at radius 1 is 0.625 bits per heavy atom. The van der Waals surface area contributed by atoms with Crippen LogP contribution in [0.4, 0.5) is 0 Å². The van der Waals surface area contributed by atoms with Gasteiger partial charge in [-0.15, -0.1) is 48.0 Å². The third kappa shape index (κ3) is 8.05. The van der Waals surface area contributed by atoms with Gasteiger partial charge in [0.1, 0.15) is 11.5 Å². The topological polar surface area (TPSA) is 40.5 Å². The molecule has 4 heteroatoms. The van der Waals surface area contributed by atoms with Crippen LogP contribution in [0.1, 0.15) is 61.8 Å². The van der Waals surface area contributed by atoms with Gasteiger partial charge in [0.05, 0.1) is 0 Å². The van der Waals surface area contributed by atoms with Gasteiger partial charge in [-0.2, -0.15) is 0 Å². The third-order valence-electron chi connectivity index (χ3n) is 3.62. The third-order valence-corrected chi connectivity index (χ3v) is 3.62. The summed E-state index contributed by atoms with van der Waals surface area (Å²) in [6.45, 7) is 12.2. The average Bonchev–Trinajstić information content (AvgIpc) is 2.38. The maximum atomic E-state index is 9.46. The maximum absolute atomic E-state index is 9.46. The summed E-state index contributed by atoms with van der Waals surface area (Å²) in [4.78, 5) is 0. The molecule has 0 atom stereocenters. The molecule has 0 saturated carbocycles. The fraction of sp³-hybridized carbons (Fsp3) is 0.400. The van der Waals surface area contributed by atoms with Crippen molar-refractivity contribution in [3.63, 3.8) is 0 Å². The number of rotatable bonds is 2. The molecule has 24 heavy (non-hydrogen) atoms. The summed E-state index contributed by atoms with van der Waals surface area (Å²) in [6, 6.07) is 11.6. The van der Waals surface area contributed by atoms with Crippen LogP contribution in [0.15, 0.2) is 36.4 Å². The molecule has 0 fully saturated rings. The van der Waals surface area contributed by atoms with E-state index in [4.69, 9.17) is 0 Å². The first-order valence-corrected chi connectivity index (χ1v) is 7.81. The first kappa shape index (κ1) is 25.7. The number of hydrogen-bond acceptors (Lipinski definition) is 2. The molecule has 0 aliphatic carbocycles. The number of aromatic hydroxyl groups is 2. The number of phenolic OH excluding ortho intramolecular Hbond substituents is 2. The quantitative estimate of drug-likeness (QED) is 0.396. The molecule has 0 aliphatic rings. The Bertz CT molecular complexity index is 568. The van der Waals surface area contributed by atoms with Crippen molar-refractivity contribution in [1.82, 2.24) is 0 Å². The SMILES string of the molecule is Cc1ccc(C(C)C)c(O)c1.Cc1ccc(C(C)C)c(O)c1.I.I. The predicted molar refractivity (Wildman–Crippen MR) is 125 cm³/mol. The van der Waals surface area contributed by atoms with Gasteiger partial charge in [0.25, 0.3) is 0 Å². The van der Waals surface area contributed by atoms with Crippen molar-refractivity contribution in [1.29, 1.82) is 0 Å². The van der Waals surface area contributed by atoms with Gasteiger partial charge < -0.3 is 10.2 Å². The first-order valence-electron chi connectivity index (χ1n) is 7.81. The normalized spacial score (nSPS) is 9.67. The Labute approximate surface area is 180 Å². The van der Waals surface area contributed by atoms with Crippen LogP contribution in [-0.4, -0.2) is 10.2 Å². The largest absolute Gasteiger partial charge is 0.508 e. The first-order chi connectivity index (χ1) is 10.2. The number of hydrogen-bond donors (Lipinski definition) is 2. The average molecular weight is 556 g/mol. The fourth-order valence-corrected chi connectivity index (χ4v) is 2.28. The summed E-state index contributed by atoms with van der Waals surface area (Å²) in [7, 11) is 0. The van der Waals surface area contributed by atoms with E-state index in [9.17, 15) is 10.2 Å². The van der Waals surface area contributed by atoms with Gasteiger partial charge in [-0.25, -0.2) is 0 Å². The van der Waals surface area contributed by atoms with Crippen molar-refractivity contribution in [3.8, 4) is 11.5 Å². The fourth-order valence-electron chi connectivity index (χ4n) is 2.28. The van der Waals surface area contributed by atoms with E-state index >= 15 is 0 Å². The minimum Gasteiger partial charge on any atom is -0.508 e. The molecule has 0 heterocycles. The monoisotopic (exact) mass is 556 g/mol. The lowest BCUT2D eigenvalue weighted by molar-refractivity contribution is 0.464. The lowest BCUT2D eigenvalue weighted by atomic mass is 10.0. The van der Waals surface area contributed by atoms with E-state index in [1.807, 2.05) is 38.1 Å². The molecule has 0 bridgehead atoms. The second-order valence-corrected chi connectivity index (χ2v) is 6.43. The maximum Gasteiger partial charge on any atom is 0.119 e. The van der Waals surface area contributed by atoms with Gasteiger partial charge >= 0.3 is 0 Å². The Kier molecular flexibility index (Phi) is 12.8. The Morgan fingerprint density at radius 2 is 0.917 bits per heavy atom. The summed E-state index contributed by atoms with van der Waals surface area (Å²) in [5.74, 6) is 1.63. The molecule has 0 aromatic heterocycles. The van der Waals surface area contributed by atoms with Crippen molar-refractivity contribution in [2.45, 2.75) is 53.4 Å². The predicted octanol–water partition coefficient (Wildman–Crippen LogP) is 6.88. The minimum absolute atomic E-state index is 0. The number of halogens is 2. The highest BCUT2D eigenvalue weighted by molar-refractivity contribution is 14.0. The van der Waals surface area contributed by atoms with Crippen molar-refractivity contribution < 1.29 is 10.2 Å². The molecule has 0 spiro atoms. The van der Waals surface area contributed by atoms with E-state index < -0.39 is 0 Å². The lowest BCUT2D eigenvalue weighted by Gasteiger charge is -2.07. The van der Waals surface area contributed by atoms with Gasteiger partial charge in [-0.05, 0) is 60.1 Å². The molecule has 0 saturated heterocycles. The molecule has 2 aromatic rings. The number of aryl methyl sites for hydroxylation is 2. The molecule has 0 unspecified atom stereocenters. The van der Waals surface area contributed by atoms with Crippen LogP contribution < -0.4 is 0 Å².